The van der Waals surface area contributed by atoms with Crippen molar-refractivity contribution in [3.63, 3.8) is 0 Å². The summed E-state index contributed by atoms with van der Waals surface area (Å²) in [4.78, 5) is 0. The van der Waals surface area contributed by atoms with E-state index in [0.29, 0.717) is 0 Å². The predicted molar refractivity (Wildman–Crippen MR) is 60.2 cm³/mol. The summed E-state index contributed by atoms with van der Waals surface area (Å²) < 4.78 is 0. The van der Waals surface area contributed by atoms with Crippen LogP contribution in [-0.2, 0) is 0 Å². The zero-order valence-corrected chi connectivity index (χ0v) is 8.55. The van der Waals surface area contributed by atoms with Crippen LogP contribution in [-0.4, -0.2) is 7.28 Å². The minimum absolute atomic E-state index is 1.23. The van der Waals surface area contributed by atoms with Crippen LogP contribution >= 0.6 is 0 Å². The molecule has 0 bridgehead atoms. The Bertz CT molecular complexity index is 125. The Labute approximate surface area is 78.0 Å². The van der Waals surface area contributed by atoms with Crippen molar-refractivity contribution in [2.24, 2.45) is 0 Å². The van der Waals surface area contributed by atoms with Gasteiger partial charge in [-0.3, -0.25) is 0 Å². The van der Waals surface area contributed by atoms with E-state index in [1.54, 1.807) is 0 Å². The minimum atomic E-state index is 1.23. The Kier molecular flexibility index (Phi) is 10.1. The maximum atomic E-state index is 2.32. The smallest absolute Gasteiger partial charge is 0.0917 e. The molecule has 68 valence electrons. The number of rotatable bonds is 7. The van der Waals surface area contributed by atoms with Crippen LogP contribution < -0.4 is 0 Å². The van der Waals surface area contributed by atoms with Crippen LogP contribution in [0.15, 0.2) is 24.3 Å². The lowest BCUT2D eigenvalue weighted by molar-refractivity contribution is 0.864. The summed E-state index contributed by atoms with van der Waals surface area (Å²) in [6, 6.07) is 0. The molecule has 0 fully saturated rings. The number of hydrogen-bond acceptors (Lipinski definition) is 0. The predicted octanol–water partition coefficient (Wildman–Crippen LogP) is 3.58. The molecule has 0 unspecified atom stereocenters. The SMILES string of the molecule is CBCC/C=C\CCC/C=C\C. The second-order valence-electron chi connectivity index (χ2n) is 3.11. The van der Waals surface area contributed by atoms with E-state index >= 15 is 0 Å². The molecule has 0 amide bonds. The molecule has 1 heteroatoms. The Morgan fingerprint density at radius 3 is 2.33 bits per heavy atom. The maximum absolute atomic E-state index is 2.32. The Morgan fingerprint density at radius 2 is 1.67 bits per heavy atom. The molecule has 0 rings (SSSR count). The first-order valence-electron chi connectivity index (χ1n) is 5.18. The summed E-state index contributed by atoms with van der Waals surface area (Å²) in [5, 5.41) is 0. The van der Waals surface area contributed by atoms with Gasteiger partial charge in [-0.2, -0.15) is 0 Å². The van der Waals surface area contributed by atoms with Gasteiger partial charge in [0.25, 0.3) is 0 Å². The molecular weight excluding hydrogens is 143 g/mol. The first kappa shape index (κ1) is 11.5. The van der Waals surface area contributed by atoms with Crippen molar-refractivity contribution in [2.45, 2.75) is 45.8 Å². The van der Waals surface area contributed by atoms with Crippen molar-refractivity contribution in [2.75, 3.05) is 0 Å². The molecule has 0 spiro atoms. The molecule has 0 N–H and O–H groups in total. The van der Waals surface area contributed by atoms with Crippen molar-refractivity contribution in [3.8, 4) is 0 Å². The maximum Gasteiger partial charge on any atom is 0.117 e. The van der Waals surface area contributed by atoms with E-state index in [4.69, 9.17) is 0 Å². The molecule has 0 atom stereocenters. The van der Waals surface area contributed by atoms with Gasteiger partial charge in [-0.15, -0.1) is 0 Å². The number of unbranched alkanes of at least 4 members (excludes halogenated alkanes) is 2. The molecule has 0 aliphatic carbocycles. The van der Waals surface area contributed by atoms with Crippen molar-refractivity contribution in [1.82, 2.24) is 0 Å². The summed E-state index contributed by atoms with van der Waals surface area (Å²) in [6.45, 7) is 4.32. The van der Waals surface area contributed by atoms with Crippen molar-refractivity contribution in [1.29, 1.82) is 0 Å². The largest absolute Gasteiger partial charge is 0.117 e. The van der Waals surface area contributed by atoms with E-state index in [2.05, 4.69) is 38.1 Å². The lowest BCUT2D eigenvalue weighted by Crippen LogP contribution is -1.76. The van der Waals surface area contributed by atoms with Gasteiger partial charge in [-0.1, -0.05) is 37.4 Å². The molecule has 12 heavy (non-hydrogen) atoms. The van der Waals surface area contributed by atoms with E-state index in [1.807, 2.05) is 0 Å². The van der Waals surface area contributed by atoms with Gasteiger partial charge in [0.15, 0.2) is 0 Å². The fourth-order valence-corrected chi connectivity index (χ4v) is 1.08. The average Bonchev–Trinajstić information content (AvgIpc) is 2.10. The summed E-state index contributed by atoms with van der Waals surface area (Å²) in [6.07, 6.45) is 15.4. The van der Waals surface area contributed by atoms with Crippen molar-refractivity contribution < 1.29 is 0 Å². The molecule has 0 aromatic heterocycles. The van der Waals surface area contributed by atoms with Crippen LogP contribution in [0, 0.1) is 0 Å². The summed E-state index contributed by atoms with van der Waals surface area (Å²) in [5.41, 5.74) is 0. The third-order valence-electron chi connectivity index (χ3n) is 1.87. The van der Waals surface area contributed by atoms with Gasteiger partial charge >= 0.3 is 0 Å². The van der Waals surface area contributed by atoms with Crippen LogP contribution in [0.25, 0.3) is 0 Å². The van der Waals surface area contributed by atoms with Crippen LogP contribution in [0.5, 0.6) is 0 Å². The van der Waals surface area contributed by atoms with Gasteiger partial charge in [-0.25, -0.2) is 0 Å². The second-order valence-corrected chi connectivity index (χ2v) is 3.11. The zero-order valence-electron chi connectivity index (χ0n) is 8.55. The second kappa shape index (κ2) is 10.5. The first-order valence-corrected chi connectivity index (χ1v) is 5.18. The lowest BCUT2D eigenvalue weighted by Gasteiger charge is -1.90. The molecule has 0 heterocycles. The third-order valence-corrected chi connectivity index (χ3v) is 1.87. The van der Waals surface area contributed by atoms with Crippen LogP contribution in [0.2, 0.25) is 13.1 Å². The quantitative estimate of drug-likeness (QED) is 0.306. The Balaban J connectivity index is 3.02. The Morgan fingerprint density at radius 1 is 1.00 bits per heavy atom. The molecule has 0 nitrogen and oxygen atoms in total. The monoisotopic (exact) mass is 164 g/mol. The third kappa shape index (κ3) is 9.54. The van der Waals surface area contributed by atoms with Crippen molar-refractivity contribution in [3.05, 3.63) is 24.3 Å². The average molecular weight is 164 g/mol. The summed E-state index contributed by atoms with van der Waals surface area (Å²) in [7, 11) is 1.31. The van der Waals surface area contributed by atoms with Gasteiger partial charge < -0.3 is 0 Å². The number of allylic oxidation sites excluding steroid dienone is 4. The molecule has 0 aromatic carbocycles. The molecule has 0 aliphatic heterocycles. The topological polar surface area (TPSA) is 0 Å². The van der Waals surface area contributed by atoms with Crippen LogP contribution in [0.1, 0.15) is 32.6 Å². The standard InChI is InChI=1S/C11H21B/c1-3-4-5-6-7-8-9-10-11-12-2/h3-4,8-9,12H,5-7,10-11H2,1-2H3/b4-3-,9-8-. The molecule has 0 saturated heterocycles. The minimum Gasteiger partial charge on any atom is -0.0917 e. The highest BCUT2D eigenvalue weighted by Gasteiger charge is 1.81. The van der Waals surface area contributed by atoms with Crippen LogP contribution in [0.4, 0.5) is 0 Å². The molecule has 0 aromatic rings. The Hall–Kier alpha value is -0.455. The summed E-state index contributed by atoms with van der Waals surface area (Å²) in [5.74, 6) is 0. The lowest BCUT2D eigenvalue weighted by atomic mass is 9.77. The highest BCUT2D eigenvalue weighted by molar-refractivity contribution is 6.33. The molecular formula is C11H21B. The van der Waals surface area contributed by atoms with Gasteiger partial charge in [0.05, 0.1) is 0 Å². The highest BCUT2D eigenvalue weighted by atomic mass is 13.8. The molecule has 0 saturated carbocycles. The van der Waals surface area contributed by atoms with Crippen molar-refractivity contribution >= 4 is 7.28 Å². The normalized spacial score (nSPS) is 11.5. The zero-order chi connectivity index (χ0) is 9.07. The molecule has 0 radical (unpaired) electrons. The van der Waals surface area contributed by atoms with E-state index in [0.717, 1.165) is 0 Å². The first-order chi connectivity index (χ1) is 5.91. The van der Waals surface area contributed by atoms with Gasteiger partial charge in [0.1, 0.15) is 7.28 Å². The van der Waals surface area contributed by atoms with Gasteiger partial charge in [0, 0.05) is 0 Å². The van der Waals surface area contributed by atoms with Gasteiger partial charge in [-0.05, 0) is 32.6 Å². The fourth-order valence-electron chi connectivity index (χ4n) is 1.08. The summed E-state index contributed by atoms with van der Waals surface area (Å²) >= 11 is 0. The van der Waals surface area contributed by atoms with Crippen LogP contribution in [0.3, 0.4) is 0 Å². The van der Waals surface area contributed by atoms with E-state index in [-0.39, 0.29) is 0 Å². The van der Waals surface area contributed by atoms with E-state index in [9.17, 15) is 0 Å². The fraction of sp³-hybridized carbons (Fsp3) is 0.636. The highest BCUT2D eigenvalue weighted by Crippen LogP contribution is 1.99. The van der Waals surface area contributed by atoms with Gasteiger partial charge in [0.2, 0.25) is 0 Å². The number of hydrogen-bond donors (Lipinski definition) is 0. The van der Waals surface area contributed by atoms with E-state index in [1.165, 1.54) is 39.3 Å². The van der Waals surface area contributed by atoms with E-state index < -0.39 is 0 Å². The molecule has 0 aliphatic rings.